The number of likely N-dealkylation sites (tertiary alicyclic amines) is 1. The van der Waals surface area contributed by atoms with Crippen molar-refractivity contribution in [1.82, 2.24) is 4.90 Å². The number of phenolic OH excluding ortho intramolecular Hbond substituents is 1. The monoisotopic (exact) mass is 493 g/mol. The fourth-order valence-electron chi connectivity index (χ4n) is 6.59. The summed E-state index contributed by atoms with van der Waals surface area (Å²) >= 11 is 0. The van der Waals surface area contributed by atoms with Gasteiger partial charge in [0.25, 0.3) is 0 Å². The van der Waals surface area contributed by atoms with Crippen molar-refractivity contribution in [3.05, 3.63) is 45.5 Å². The Kier molecular flexibility index (Phi) is 8.10. The van der Waals surface area contributed by atoms with Crippen LogP contribution in [0.25, 0.3) is 6.08 Å². The molecule has 2 saturated heterocycles. The number of carbonyl (C=O) groups excluding carboxylic acids is 2. The molecule has 1 aromatic rings. The van der Waals surface area contributed by atoms with Crippen LogP contribution in [0.5, 0.6) is 5.75 Å². The molecule has 0 radical (unpaired) electrons. The van der Waals surface area contributed by atoms with E-state index in [4.69, 9.17) is 4.65 Å². The molecule has 0 saturated carbocycles. The van der Waals surface area contributed by atoms with E-state index in [1.807, 2.05) is 32.9 Å². The van der Waals surface area contributed by atoms with Crippen molar-refractivity contribution in [3.63, 3.8) is 0 Å². The van der Waals surface area contributed by atoms with Crippen molar-refractivity contribution < 1.29 is 24.4 Å². The van der Waals surface area contributed by atoms with Crippen LogP contribution >= 0.6 is 0 Å². The van der Waals surface area contributed by atoms with Crippen molar-refractivity contribution in [2.75, 3.05) is 6.54 Å². The highest BCUT2D eigenvalue weighted by Gasteiger charge is 2.56. The normalized spacial score (nSPS) is 26.6. The predicted octanol–water partition coefficient (Wildman–Crippen LogP) is 5.20. The highest BCUT2D eigenvalue weighted by Crippen LogP contribution is 2.51. The Hall–Kier alpha value is -2.38. The van der Waals surface area contributed by atoms with Gasteiger partial charge in [-0.2, -0.15) is 0 Å². The Bertz CT molecular complexity index is 1070. The molecule has 6 nitrogen and oxygen atoms in total. The van der Waals surface area contributed by atoms with Crippen LogP contribution < -0.4 is 0 Å². The second-order valence-corrected chi connectivity index (χ2v) is 10.7. The second kappa shape index (κ2) is 10.9. The van der Waals surface area contributed by atoms with Crippen molar-refractivity contribution in [1.29, 1.82) is 0 Å². The van der Waals surface area contributed by atoms with Crippen molar-refractivity contribution in [2.24, 2.45) is 17.8 Å². The minimum atomic E-state index is -0.930. The number of hydrogen-bond acceptors (Lipinski definition) is 5. The molecule has 2 fully saturated rings. The standard InChI is InChI=1S/C29H40BNO5/c1-6-11-31-28(33)22-15-21(8-3)25-23(26(22)29(31)34)16-30(35)36-24(25)10-9-19(7-2)14-20-12-17(4)27(32)18(5)13-20/h12-14,22-24,26,32,35H,6-11,15-16H2,1-5H3/b19-14+/t22-,23+,24-,26-/m1/s1. The average Bonchev–Trinajstić information content (AvgIpc) is 3.09. The van der Waals surface area contributed by atoms with Gasteiger partial charge in [0.15, 0.2) is 0 Å². The van der Waals surface area contributed by atoms with Gasteiger partial charge in [-0.05, 0) is 99.0 Å². The molecule has 2 heterocycles. The highest BCUT2D eigenvalue weighted by molar-refractivity contribution is 6.43. The molecular formula is C29H40BNO5. The molecule has 36 heavy (non-hydrogen) atoms. The number of phenols is 1. The number of benzene rings is 1. The number of amides is 2. The number of imide groups is 1. The lowest BCUT2D eigenvalue weighted by molar-refractivity contribution is -0.140. The topological polar surface area (TPSA) is 87.1 Å². The first-order chi connectivity index (χ1) is 17.2. The Morgan fingerprint density at radius 3 is 2.44 bits per heavy atom. The van der Waals surface area contributed by atoms with Gasteiger partial charge in [0.2, 0.25) is 11.8 Å². The van der Waals surface area contributed by atoms with Crippen LogP contribution in [0.2, 0.25) is 6.32 Å². The third-order valence-electron chi connectivity index (χ3n) is 8.34. The fraction of sp³-hybridized carbons (Fsp3) is 0.586. The molecule has 0 bridgehead atoms. The number of rotatable bonds is 8. The van der Waals surface area contributed by atoms with Crippen molar-refractivity contribution in [2.45, 2.75) is 85.6 Å². The molecule has 2 aliphatic heterocycles. The molecule has 4 atom stereocenters. The van der Waals surface area contributed by atoms with Gasteiger partial charge < -0.3 is 14.8 Å². The SMILES string of the molecule is CCCN1C(=O)[C@@H]2[C@@H](CC(CC)=C3[C@@H](CC/C(=C/c4cc(C)c(O)c(C)c4)CC)OB(O)C[C@@H]32)C1=O. The zero-order valence-corrected chi connectivity index (χ0v) is 22.3. The lowest BCUT2D eigenvalue weighted by Crippen LogP contribution is -2.46. The second-order valence-electron chi connectivity index (χ2n) is 10.7. The van der Waals surface area contributed by atoms with Gasteiger partial charge in [0.05, 0.1) is 17.9 Å². The Morgan fingerprint density at radius 2 is 1.83 bits per heavy atom. The largest absolute Gasteiger partial charge is 0.507 e. The van der Waals surface area contributed by atoms with E-state index in [2.05, 4.69) is 19.9 Å². The van der Waals surface area contributed by atoms with Crippen LogP contribution in [0.4, 0.5) is 0 Å². The van der Waals surface area contributed by atoms with Gasteiger partial charge in [-0.1, -0.05) is 38.0 Å². The summed E-state index contributed by atoms with van der Waals surface area (Å²) < 4.78 is 6.10. The summed E-state index contributed by atoms with van der Waals surface area (Å²) in [5.74, 6) is -0.574. The molecule has 1 aliphatic carbocycles. The van der Waals surface area contributed by atoms with Gasteiger partial charge in [-0.3, -0.25) is 14.5 Å². The molecule has 2 N–H and O–H groups in total. The number of aryl methyl sites for hydroxylation is 2. The average molecular weight is 493 g/mol. The van der Waals surface area contributed by atoms with Gasteiger partial charge in [0.1, 0.15) is 5.75 Å². The smallest absolute Gasteiger partial charge is 0.455 e. The molecule has 7 heteroatoms. The van der Waals surface area contributed by atoms with Crippen LogP contribution in [-0.2, 0) is 14.2 Å². The minimum Gasteiger partial charge on any atom is -0.507 e. The fourth-order valence-corrected chi connectivity index (χ4v) is 6.59. The number of fused-ring (bicyclic) bond motifs is 3. The van der Waals surface area contributed by atoms with E-state index in [0.717, 1.165) is 54.4 Å². The third-order valence-corrected chi connectivity index (χ3v) is 8.34. The van der Waals surface area contributed by atoms with Crippen LogP contribution in [-0.4, -0.2) is 46.6 Å². The Morgan fingerprint density at radius 1 is 1.14 bits per heavy atom. The summed E-state index contributed by atoms with van der Waals surface area (Å²) in [6.45, 7) is 10.5. The van der Waals surface area contributed by atoms with Crippen LogP contribution in [0.3, 0.4) is 0 Å². The molecular weight excluding hydrogens is 453 g/mol. The molecule has 1 aromatic carbocycles. The summed E-state index contributed by atoms with van der Waals surface area (Å²) in [4.78, 5) is 27.9. The summed E-state index contributed by atoms with van der Waals surface area (Å²) in [7, 11) is -0.930. The Balaban J connectivity index is 1.59. The lowest BCUT2D eigenvalue weighted by atomic mass is 9.58. The van der Waals surface area contributed by atoms with E-state index < -0.39 is 7.12 Å². The maximum absolute atomic E-state index is 13.3. The summed E-state index contributed by atoms with van der Waals surface area (Å²) in [5.41, 5.74) is 6.46. The first kappa shape index (κ1) is 26.7. The van der Waals surface area contributed by atoms with Gasteiger partial charge >= 0.3 is 7.12 Å². The lowest BCUT2D eigenvalue weighted by Gasteiger charge is -2.43. The quantitative estimate of drug-likeness (QED) is 0.295. The number of carbonyl (C=O) groups is 2. The number of hydrogen-bond donors (Lipinski definition) is 2. The number of nitrogens with zero attached hydrogens (tertiary/aromatic N) is 1. The van der Waals surface area contributed by atoms with Gasteiger partial charge in [-0.15, -0.1) is 0 Å². The highest BCUT2D eigenvalue weighted by atomic mass is 16.5. The number of allylic oxidation sites excluding steroid dienone is 2. The van der Waals surface area contributed by atoms with E-state index >= 15 is 0 Å². The molecule has 0 spiro atoms. The maximum atomic E-state index is 13.3. The summed E-state index contributed by atoms with van der Waals surface area (Å²) in [6.07, 6.45) is 6.92. The molecule has 194 valence electrons. The zero-order chi connectivity index (χ0) is 26.1. The van der Waals surface area contributed by atoms with E-state index in [0.29, 0.717) is 25.0 Å². The van der Waals surface area contributed by atoms with Crippen LogP contribution in [0.1, 0.15) is 76.0 Å². The van der Waals surface area contributed by atoms with E-state index in [1.54, 1.807) is 0 Å². The molecule has 0 aromatic heterocycles. The number of aromatic hydroxyl groups is 1. The van der Waals surface area contributed by atoms with Crippen molar-refractivity contribution >= 4 is 25.0 Å². The summed E-state index contributed by atoms with van der Waals surface area (Å²) in [5, 5.41) is 20.8. The molecule has 4 rings (SSSR count). The predicted molar refractivity (Wildman–Crippen MR) is 142 cm³/mol. The summed E-state index contributed by atoms with van der Waals surface area (Å²) in [6, 6.07) is 4.00. The van der Waals surface area contributed by atoms with Crippen molar-refractivity contribution in [3.8, 4) is 5.75 Å². The van der Waals surface area contributed by atoms with E-state index in [1.165, 1.54) is 16.0 Å². The van der Waals surface area contributed by atoms with Crippen LogP contribution in [0, 0.1) is 31.6 Å². The third kappa shape index (κ3) is 4.92. The molecule has 2 amide bonds. The van der Waals surface area contributed by atoms with Crippen LogP contribution in [0.15, 0.2) is 28.9 Å². The molecule has 3 aliphatic rings. The van der Waals surface area contributed by atoms with E-state index in [9.17, 15) is 19.7 Å². The minimum absolute atomic E-state index is 0.0370. The molecule has 0 unspecified atom stereocenters. The Labute approximate surface area is 215 Å². The first-order valence-corrected chi connectivity index (χ1v) is 13.6. The first-order valence-electron chi connectivity index (χ1n) is 13.6. The zero-order valence-electron chi connectivity index (χ0n) is 22.3. The maximum Gasteiger partial charge on any atom is 0.455 e. The van der Waals surface area contributed by atoms with Gasteiger partial charge in [0, 0.05) is 6.54 Å². The van der Waals surface area contributed by atoms with Gasteiger partial charge in [-0.25, -0.2) is 0 Å². The van der Waals surface area contributed by atoms with E-state index in [-0.39, 0.29) is 35.7 Å².